The van der Waals surface area contributed by atoms with Gasteiger partial charge >= 0.3 is 0 Å². The first-order chi connectivity index (χ1) is 9.72. The monoisotopic (exact) mass is 286 g/mol. The van der Waals surface area contributed by atoms with Crippen molar-refractivity contribution in [1.82, 2.24) is 4.98 Å². The third-order valence-corrected chi connectivity index (χ3v) is 3.34. The normalized spacial score (nSPS) is 10.7. The van der Waals surface area contributed by atoms with Crippen molar-refractivity contribution in [2.45, 2.75) is 6.54 Å². The maximum absolute atomic E-state index is 13.1. The average molecular weight is 287 g/mol. The highest BCUT2D eigenvalue weighted by molar-refractivity contribution is 6.31. The molecular formula is C16H12ClFN2. The van der Waals surface area contributed by atoms with Crippen molar-refractivity contribution in [2.24, 2.45) is 0 Å². The van der Waals surface area contributed by atoms with Crippen LogP contribution in [0, 0.1) is 5.82 Å². The Morgan fingerprint density at radius 3 is 2.75 bits per heavy atom. The van der Waals surface area contributed by atoms with Crippen molar-refractivity contribution in [3.63, 3.8) is 0 Å². The summed E-state index contributed by atoms with van der Waals surface area (Å²) >= 11 is 5.74. The topological polar surface area (TPSA) is 24.9 Å². The third-order valence-electron chi connectivity index (χ3n) is 3.05. The van der Waals surface area contributed by atoms with Gasteiger partial charge in [-0.1, -0.05) is 35.9 Å². The quantitative estimate of drug-likeness (QED) is 0.759. The molecule has 4 heteroatoms. The molecule has 0 aliphatic heterocycles. The number of fused-ring (bicyclic) bond motifs is 1. The van der Waals surface area contributed by atoms with Gasteiger partial charge in [0.1, 0.15) is 5.82 Å². The van der Waals surface area contributed by atoms with E-state index in [1.165, 1.54) is 6.07 Å². The molecule has 0 bridgehead atoms. The molecule has 1 N–H and O–H groups in total. The van der Waals surface area contributed by atoms with E-state index < -0.39 is 5.82 Å². The number of pyridine rings is 1. The molecule has 2 aromatic carbocycles. The zero-order valence-electron chi connectivity index (χ0n) is 10.6. The van der Waals surface area contributed by atoms with E-state index in [4.69, 9.17) is 11.6 Å². The van der Waals surface area contributed by atoms with E-state index in [1.807, 2.05) is 36.4 Å². The summed E-state index contributed by atoms with van der Waals surface area (Å²) in [5.74, 6) is -0.416. The van der Waals surface area contributed by atoms with Crippen molar-refractivity contribution in [3.05, 3.63) is 71.1 Å². The number of nitrogens with zero attached hydrogens (tertiary/aromatic N) is 1. The molecule has 3 aromatic rings. The number of anilines is 1. The smallest absolute Gasteiger partial charge is 0.141 e. The van der Waals surface area contributed by atoms with Crippen LogP contribution in [0.1, 0.15) is 5.69 Å². The van der Waals surface area contributed by atoms with Crippen molar-refractivity contribution in [1.29, 1.82) is 0 Å². The predicted octanol–water partition coefficient (Wildman–Crippen LogP) is 4.64. The molecule has 1 heterocycles. The Morgan fingerprint density at radius 1 is 1.05 bits per heavy atom. The van der Waals surface area contributed by atoms with Gasteiger partial charge in [-0.25, -0.2) is 4.39 Å². The van der Waals surface area contributed by atoms with Gasteiger partial charge in [0, 0.05) is 11.1 Å². The molecular weight excluding hydrogens is 275 g/mol. The summed E-state index contributed by atoms with van der Waals surface area (Å²) in [7, 11) is 0. The molecule has 0 fully saturated rings. The second-order valence-corrected chi connectivity index (χ2v) is 4.88. The minimum atomic E-state index is -0.416. The van der Waals surface area contributed by atoms with Crippen molar-refractivity contribution < 1.29 is 4.39 Å². The Balaban J connectivity index is 1.77. The largest absolute Gasteiger partial charge is 0.379 e. The van der Waals surface area contributed by atoms with E-state index >= 15 is 0 Å². The lowest BCUT2D eigenvalue weighted by Gasteiger charge is -2.07. The number of rotatable bonds is 3. The lowest BCUT2D eigenvalue weighted by molar-refractivity contribution is 0.628. The van der Waals surface area contributed by atoms with Crippen LogP contribution in [-0.4, -0.2) is 4.98 Å². The lowest BCUT2D eigenvalue weighted by Crippen LogP contribution is -2.01. The van der Waals surface area contributed by atoms with Gasteiger partial charge in [-0.3, -0.25) is 4.98 Å². The molecule has 0 atom stereocenters. The highest BCUT2D eigenvalue weighted by atomic mass is 35.5. The van der Waals surface area contributed by atoms with Gasteiger partial charge in [0.2, 0.25) is 0 Å². The molecule has 0 radical (unpaired) electrons. The predicted molar refractivity (Wildman–Crippen MR) is 80.5 cm³/mol. The highest BCUT2D eigenvalue weighted by Gasteiger charge is 2.02. The Bertz CT molecular complexity index is 758. The SMILES string of the molecule is Fc1ccc(NCc2ccc3ccccc3n2)cc1Cl. The van der Waals surface area contributed by atoms with Crippen LogP contribution >= 0.6 is 11.6 Å². The van der Waals surface area contributed by atoms with Gasteiger partial charge in [0.05, 0.1) is 22.8 Å². The number of aromatic nitrogens is 1. The first-order valence-electron chi connectivity index (χ1n) is 6.26. The molecule has 0 saturated carbocycles. The van der Waals surface area contributed by atoms with Crippen LogP contribution in [0.5, 0.6) is 0 Å². The summed E-state index contributed by atoms with van der Waals surface area (Å²) < 4.78 is 13.1. The summed E-state index contributed by atoms with van der Waals surface area (Å²) in [6.07, 6.45) is 0. The fraction of sp³-hybridized carbons (Fsp3) is 0.0625. The Kier molecular flexibility index (Phi) is 3.52. The van der Waals surface area contributed by atoms with E-state index in [9.17, 15) is 4.39 Å². The average Bonchev–Trinajstić information content (AvgIpc) is 2.48. The van der Waals surface area contributed by atoms with Gasteiger partial charge in [-0.15, -0.1) is 0 Å². The summed E-state index contributed by atoms with van der Waals surface area (Å²) in [6.45, 7) is 0.562. The summed E-state index contributed by atoms with van der Waals surface area (Å²) in [4.78, 5) is 4.56. The van der Waals surface area contributed by atoms with Gasteiger partial charge in [0.25, 0.3) is 0 Å². The number of nitrogens with one attached hydrogen (secondary N) is 1. The molecule has 20 heavy (non-hydrogen) atoms. The number of hydrogen-bond acceptors (Lipinski definition) is 2. The van der Waals surface area contributed by atoms with Crippen molar-refractivity contribution >= 4 is 28.2 Å². The van der Waals surface area contributed by atoms with E-state index in [0.29, 0.717) is 6.54 Å². The van der Waals surface area contributed by atoms with Gasteiger partial charge in [-0.2, -0.15) is 0 Å². The molecule has 0 aliphatic rings. The van der Waals surface area contributed by atoms with Crippen LogP contribution in [0.4, 0.5) is 10.1 Å². The first kappa shape index (κ1) is 12.9. The fourth-order valence-corrected chi connectivity index (χ4v) is 2.19. The second-order valence-electron chi connectivity index (χ2n) is 4.48. The molecule has 0 amide bonds. The maximum atomic E-state index is 13.1. The molecule has 100 valence electrons. The van der Waals surface area contributed by atoms with Crippen LogP contribution in [0.2, 0.25) is 5.02 Å². The van der Waals surface area contributed by atoms with Crippen molar-refractivity contribution in [3.8, 4) is 0 Å². The van der Waals surface area contributed by atoms with Crippen molar-refractivity contribution in [2.75, 3.05) is 5.32 Å². The summed E-state index contributed by atoms with van der Waals surface area (Å²) in [5, 5.41) is 4.40. The summed E-state index contributed by atoms with van der Waals surface area (Å²) in [5.41, 5.74) is 2.65. The molecule has 0 aliphatic carbocycles. The fourth-order valence-electron chi connectivity index (χ4n) is 2.01. The number of hydrogen-bond donors (Lipinski definition) is 1. The molecule has 0 spiro atoms. The first-order valence-corrected chi connectivity index (χ1v) is 6.64. The van der Waals surface area contributed by atoms with Crippen LogP contribution in [-0.2, 0) is 6.54 Å². The van der Waals surface area contributed by atoms with E-state index in [2.05, 4.69) is 10.3 Å². The Labute approximate surface area is 121 Å². The van der Waals surface area contributed by atoms with Crippen LogP contribution < -0.4 is 5.32 Å². The minimum Gasteiger partial charge on any atom is -0.379 e. The number of halogens is 2. The summed E-state index contributed by atoms with van der Waals surface area (Å²) in [6, 6.07) is 16.5. The zero-order valence-corrected chi connectivity index (χ0v) is 11.4. The highest BCUT2D eigenvalue weighted by Crippen LogP contribution is 2.20. The van der Waals surface area contributed by atoms with E-state index in [0.717, 1.165) is 22.3 Å². The van der Waals surface area contributed by atoms with E-state index in [-0.39, 0.29) is 5.02 Å². The lowest BCUT2D eigenvalue weighted by atomic mass is 10.2. The zero-order chi connectivity index (χ0) is 13.9. The Hall–Kier alpha value is -2.13. The van der Waals surface area contributed by atoms with Gasteiger partial charge in [0.15, 0.2) is 0 Å². The van der Waals surface area contributed by atoms with Gasteiger partial charge < -0.3 is 5.32 Å². The minimum absolute atomic E-state index is 0.112. The molecule has 3 rings (SSSR count). The maximum Gasteiger partial charge on any atom is 0.141 e. The molecule has 2 nitrogen and oxygen atoms in total. The molecule has 1 aromatic heterocycles. The van der Waals surface area contributed by atoms with Crippen LogP contribution in [0.15, 0.2) is 54.6 Å². The van der Waals surface area contributed by atoms with E-state index in [1.54, 1.807) is 12.1 Å². The second kappa shape index (κ2) is 5.47. The van der Waals surface area contributed by atoms with Crippen LogP contribution in [0.25, 0.3) is 10.9 Å². The molecule has 0 saturated heterocycles. The number of para-hydroxylation sites is 1. The molecule has 0 unspecified atom stereocenters. The van der Waals surface area contributed by atoms with Crippen LogP contribution in [0.3, 0.4) is 0 Å². The Morgan fingerprint density at radius 2 is 1.90 bits per heavy atom. The van der Waals surface area contributed by atoms with Gasteiger partial charge in [-0.05, 0) is 30.3 Å². The number of benzene rings is 2. The third kappa shape index (κ3) is 2.73. The standard InChI is InChI=1S/C16H12ClFN2/c17-14-9-12(7-8-15(14)18)19-10-13-6-5-11-3-1-2-4-16(11)20-13/h1-9,19H,10H2.